The lowest BCUT2D eigenvalue weighted by atomic mass is 10.2. The molecule has 0 radical (unpaired) electrons. The molecule has 110 valence electrons. The summed E-state index contributed by atoms with van der Waals surface area (Å²) in [6.45, 7) is 5.09. The lowest BCUT2D eigenvalue weighted by Gasteiger charge is -2.27. The number of carbonyl (C=O) groups is 3. The Kier molecular flexibility index (Phi) is 7.55. The number of nitrogens with zero attached hydrogens (tertiary/aromatic N) is 1. The highest BCUT2D eigenvalue weighted by molar-refractivity contribution is 5.85. The average molecular weight is 274 g/mol. The number of hydrogen-bond donors (Lipinski definition) is 2. The molecule has 19 heavy (non-hydrogen) atoms. The normalized spacial score (nSPS) is 11.8. The van der Waals surface area contributed by atoms with Crippen molar-refractivity contribution in [3.8, 4) is 0 Å². The Balaban J connectivity index is 4.71. The summed E-state index contributed by atoms with van der Waals surface area (Å²) in [6, 6.07) is -1.77. The van der Waals surface area contributed by atoms with Crippen molar-refractivity contribution < 1.29 is 24.2 Å². The maximum atomic E-state index is 12.0. The van der Waals surface area contributed by atoms with Crippen LogP contribution in [0.3, 0.4) is 0 Å². The molecule has 0 bridgehead atoms. The molecule has 0 rings (SSSR count). The van der Waals surface area contributed by atoms with Crippen molar-refractivity contribution in [3.05, 3.63) is 0 Å². The first-order valence-electron chi connectivity index (χ1n) is 6.20. The fourth-order valence-electron chi connectivity index (χ4n) is 1.47. The van der Waals surface area contributed by atoms with Crippen LogP contribution in [0, 0.1) is 0 Å². The van der Waals surface area contributed by atoms with Crippen molar-refractivity contribution in [2.75, 3.05) is 13.7 Å². The number of carbonyl (C=O) groups excluding carboxylic acids is 2. The van der Waals surface area contributed by atoms with Gasteiger partial charge in [-0.1, -0.05) is 13.3 Å². The first-order chi connectivity index (χ1) is 8.83. The number of urea groups is 1. The molecule has 0 aliphatic heterocycles. The van der Waals surface area contributed by atoms with Crippen LogP contribution >= 0.6 is 0 Å². The molecule has 0 spiro atoms. The van der Waals surface area contributed by atoms with Gasteiger partial charge in [0.05, 0.1) is 7.11 Å². The molecular weight excluding hydrogens is 252 g/mol. The molecule has 0 aliphatic carbocycles. The Morgan fingerprint density at radius 1 is 1.32 bits per heavy atom. The molecule has 0 aromatic rings. The molecule has 0 aromatic heterocycles. The second-order valence-corrected chi connectivity index (χ2v) is 4.43. The first kappa shape index (κ1) is 17.2. The molecule has 0 aromatic carbocycles. The van der Waals surface area contributed by atoms with Crippen molar-refractivity contribution in [2.45, 2.75) is 45.7 Å². The summed E-state index contributed by atoms with van der Waals surface area (Å²) in [5.74, 6) is -1.64. The SMILES string of the molecule is CCCC(NC(=O)N(CC(=O)OC)C(C)C)C(=O)O. The Bertz CT molecular complexity index is 330. The maximum absolute atomic E-state index is 12.0. The Hall–Kier alpha value is -1.79. The molecule has 0 fully saturated rings. The van der Waals surface area contributed by atoms with Crippen LogP contribution in [0.15, 0.2) is 0 Å². The third-order valence-electron chi connectivity index (χ3n) is 2.58. The number of esters is 1. The van der Waals surface area contributed by atoms with Gasteiger partial charge in [0.1, 0.15) is 12.6 Å². The van der Waals surface area contributed by atoms with E-state index in [1.165, 1.54) is 12.0 Å². The molecule has 2 N–H and O–H groups in total. The number of carboxylic acids is 1. The highest BCUT2D eigenvalue weighted by Crippen LogP contribution is 2.03. The van der Waals surface area contributed by atoms with Crippen LogP contribution in [-0.2, 0) is 14.3 Å². The lowest BCUT2D eigenvalue weighted by molar-refractivity contribution is -0.141. The quantitative estimate of drug-likeness (QED) is 0.670. The summed E-state index contributed by atoms with van der Waals surface area (Å²) in [4.78, 5) is 35.4. The van der Waals surface area contributed by atoms with Gasteiger partial charge in [-0.05, 0) is 20.3 Å². The van der Waals surface area contributed by atoms with Crippen molar-refractivity contribution in [1.29, 1.82) is 0 Å². The second-order valence-electron chi connectivity index (χ2n) is 4.43. The van der Waals surface area contributed by atoms with Gasteiger partial charge >= 0.3 is 18.0 Å². The second kappa shape index (κ2) is 8.34. The van der Waals surface area contributed by atoms with Gasteiger partial charge in [-0.25, -0.2) is 9.59 Å². The summed E-state index contributed by atoms with van der Waals surface area (Å²) < 4.78 is 4.50. The number of carboxylic acid groups (broad SMARTS) is 1. The van der Waals surface area contributed by atoms with Crippen molar-refractivity contribution >= 4 is 18.0 Å². The summed E-state index contributed by atoms with van der Waals surface area (Å²) in [7, 11) is 1.23. The van der Waals surface area contributed by atoms with E-state index in [4.69, 9.17) is 5.11 Å². The molecule has 2 amide bonds. The van der Waals surface area contributed by atoms with Crippen LogP contribution in [0.5, 0.6) is 0 Å². The van der Waals surface area contributed by atoms with Gasteiger partial charge in [-0.2, -0.15) is 0 Å². The largest absolute Gasteiger partial charge is 0.480 e. The fourth-order valence-corrected chi connectivity index (χ4v) is 1.47. The van der Waals surface area contributed by atoms with E-state index in [2.05, 4.69) is 10.1 Å². The van der Waals surface area contributed by atoms with E-state index in [-0.39, 0.29) is 12.6 Å². The van der Waals surface area contributed by atoms with Gasteiger partial charge in [0, 0.05) is 6.04 Å². The smallest absolute Gasteiger partial charge is 0.326 e. The zero-order valence-electron chi connectivity index (χ0n) is 11.8. The van der Waals surface area contributed by atoms with Crippen molar-refractivity contribution in [2.24, 2.45) is 0 Å². The molecule has 0 saturated carbocycles. The van der Waals surface area contributed by atoms with Crippen LogP contribution in [0.25, 0.3) is 0 Å². The number of rotatable bonds is 7. The van der Waals surface area contributed by atoms with Gasteiger partial charge < -0.3 is 20.1 Å². The third kappa shape index (κ3) is 6.08. The van der Waals surface area contributed by atoms with E-state index in [9.17, 15) is 14.4 Å². The van der Waals surface area contributed by atoms with Gasteiger partial charge in [-0.15, -0.1) is 0 Å². The van der Waals surface area contributed by atoms with Crippen LogP contribution in [-0.4, -0.2) is 53.7 Å². The van der Waals surface area contributed by atoms with Gasteiger partial charge in [0.25, 0.3) is 0 Å². The molecule has 0 saturated heterocycles. The first-order valence-corrected chi connectivity index (χ1v) is 6.20. The minimum absolute atomic E-state index is 0.210. The number of ether oxygens (including phenoxy) is 1. The highest BCUT2D eigenvalue weighted by atomic mass is 16.5. The molecule has 1 unspecified atom stereocenters. The summed E-state index contributed by atoms with van der Waals surface area (Å²) in [5.41, 5.74) is 0. The zero-order valence-corrected chi connectivity index (χ0v) is 11.8. The van der Waals surface area contributed by atoms with Gasteiger partial charge in [0.2, 0.25) is 0 Å². The molecule has 1 atom stereocenters. The highest BCUT2D eigenvalue weighted by Gasteiger charge is 2.25. The molecule has 0 aliphatic rings. The number of amides is 2. The van der Waals surface area contributed by atoms with E-state index < -0.39 is 24.0 Å². The minimum Gasteiger partial charge on any atom is -0.480 e. The van der Waals surface area contributed by atoms with Crippen LogP contribution in [0.1, 0.15) is 33.6 Å². The van der Waals surface area contributed by atoms with E-state index in [0.717, 1.165) is 0 Å². The van der Waals surface area contributed by atoms with Crippen LogP contribution in [0.4, 0.5) is 4.79 Å². The van der Waals surface area contributed by atoms with Gasteiger partial charge in [-0.3, -0.25) is 4.79 Å². The van der Waals surface area contributed by atoms with E-state index in [1.807, 2.05) is 6.92 Å². The third-order valence-corrected chi connectivity index (χ3v) is 2.58. The topological polar surface area (TPSA) is 95.9 Å². The number of methoxy groups -OCH3 is 1. The molecule has 7 heteroatoms. The number of nitrogens with one attached hydrogen (secondary N) is 1. The molecular formula is C12H22N2O5. The summed E-state index contributed by atoms with van der Waals surface area (Å²) in [5, 5.41) is 11.4. The van der Waals surface area contributed by atoms with Crippen molar-refractivity contribution in [3.63, 3.8) is 0 Å². The van der Waals surface area contributed by atoms with E-state index >= 15 is 0 Å². The monoisotopic (exact) mass is 274 g/mol. The van der Waals surface area contributed by atoms with E-state index in [1.54, 1.807) is 13.8 Å². The predicted molar refractivity (Wildman–Crippen MR) is 68.7 cm³/mol. The minimum atomic E-state index is -1.09. The number of hydrogen-bond acceptors (Lipinski definition) is 4. The Morgan fingerprint density at radius 2 is 1.89 bits per heavy atom. The zero-order chi connectivity index (χ0) is 15.0. The molecule has 0 heterocycles. The van der Waals surface area contributed by atoms with Crippen LogP contribution in [0.2, 0.25) is 0 Å². The predicted octanol–water partition coefficient (Wildman–Crippen LogP) is 0.833. The summed E-state index contributed by atoms with van der Waals surface area (Å²) in [6.07, 6.45) is 0.973. The maximum Gasteiger partial charge on any atom is 0.326 e. The lowest BCUT2D eigenvalue weighted by Crippen LogP contribution is -2.51. The Labute approximate surface area is 112 Å². The Morgan fingerprint density at radius 3 is 2.26 bits per heavy atom. The standard InChI is InChI=1S/C12H22N2O5/c1-5-6-9(11(16)17)13-12(18)14(8(2)3)7-10(15)19-4/h8-9H,5-7H2,1-4H3,(H,13,18)(H,16,17). The molecule has 7 nitrogen and oxygen atoms in total. The van der Waals surface area contributed by atoms with E-state index in [0.29, 0.717) is 12.8 Å². The number of aliphatic carboxylic acids is 1. The summed E-state index contributed by atoms with van der Waals surface area (Å²) >= 11 is 0. The van der Waals surface area contributed by atoms with Gasteiger partial charge in [0.15, 0.2) is 0 Å². The van der Waals surface area contributed by atoms with Crippen molar-refractivity contribution in [1.82, 2.24) is 10.2 Å². The van der Waals surface area contributed by atoms with Crippen LogP contribution < -0.4 is 5.32 Å². The fraction of sp³-hybridized carbons (Fsp3) is 0.750. The average Bonchev–Trinajstić information content (AvgIpc) is 2.34.